The molecule has 0 aliphatic rings. The Hall–Kier alpha value is -2.83. The van der Waals surface area contributed by atoms with Crippen molar-refractivity contribution in [3.05, 3.63) is 53.6 Å². The molecule has 0 unspecified atom stereocenters. The number of para-hydroxylation sites is 1. The Bertz CT molecular complexity index is 722. The Morgan fingerprint density at radius 2 is 1.88 bits per heavy atom. The van der Waals surface area contributed by atoms with Crippen molar-refractivity contribution >= 4 is 5.91 Å². The molecule has 0 aliphatic carbocycles. The molecule has 1 amide bonds. The molecule has 0 radical (unpaired) electrons. The van der Waals surface area contributed by atoms with Crippen molar-refractivity contribution in [2.75, 3.05) is 13.7 Å². The van der Waals surface area contributed by atoms with Crippen LogP contribution in [-0.4, -0.2) is 26.2 Å². The van der Waals surface area contributed by atoms with Crippen LogP contribution in [0.4, 0.5) is 8.78 Å². The molecule has 0 atom stereocenters. The minimum atomic E-state index is -2.93. The minimum absolute atomic E-state index is 0.0598. The molecular formula is C18H19F2NO4. The quantitative estimate of drug-likeness (QED) is 0.793. The number of aryl methyl sites for hydroxylation is 1. The van der Waals surface area contributed by atoms with Crippen LogP contribution in [0.5, 0.6) is 17.2 Å². The van der Waals surface area contributed by atoms with E-state index in [0.717, 1.165) is 5.56 Å². The normalized spacial score (nSPS) is 10.4. The molecular weight excluding hydrogens is 332 g/mol. The first-order valence-corrected chi connectivity index (χ1v) is 7.56. The monoisotopic (exact) mass is 351 g/mol. The van der Waals surface area contributed by atoms with Gasteiger partial charge in [0.2, 0.25) is 0 Å². The van der Waals surface area contributed by atoms with Crippen molar-refractivity contribution in [2.24, 2.45) is 0 Å². The minimum Gasteiger partial charge on any atom is -0.493 e. The fourth-order valence-electron chi connectivity index (χ4n) is 2.13. The van der Waals surface area contributed by atoms with Crippen molar-refractivity contribution in [2.45, 2.75) is 20.1 Å². The van der Waals surface area contributed by atoms with Crippen LogP contribution in [0.3, 0.4) is 0 Å². The number of nitrogens with one attached hydrogen (secondary N) is 1. The van der Waals surface area contributed by atoms with E-state index in [2.05, 4.69) is 10.1 Å². The first kappa shape index (κ1) is 18.5. The van der Waals surface area contributed by atoms with Gasteiger partial charge >= 0.3 is 6.61 Å². The number of hydrogen-bond acceptors (Lipinski definition) is 4. The van der Waals surface area contributed by atoms with Gasteiger partial charge in [0.15, 0.2) is 18.1 Å². The number of hydrogen-bond donors (Lipinski definition) is 1. The van der Waals surface area contributed by atoms with Gasteiger partial charge in [-0.05, 0) is 36.2 Å². The smallest absolute Gasteiger partial charge is 0.387 e. The van der Waals surface area contributed by atoms with Crippen LogP contribution >= 0.6 is 0 Å². The molecule has 0 saturated carbocycles. The Balaban J connectivity index is 1.88. The number of carbonyl (C=O) groups is 1. The molecule has 2 aromatic carbocycles. The fourth-order valence-corrected chi connectivity index (χ4v) is 2.13. The van der Waals surface area contributed by atoms with Crippen LogP contribution in [0, 0.1) is 6.92 Å². The Morgan fingerprint density at radius 3 is 2.56 bits per heavy atom. The van der Waals surface area contributed by atoms with E-state index in [-0.39, 0.29) is 30.6 Å². The molecule has 0 aromatic heterocycles. The lowest BCUT2D eigenvalue weighted by molar-refractivity contribution is -0.123. The summed E-state index contributed by atoms with van der Waals surface area (Å²) in [5, 5.41) is 2.69. The summed E-state index contributed by atoms with van der Waals surface area (Å²) in [6.45, 7) is -0.948. The van der Waals surface area contributed by atoms with E-state index in [1.54, 1.807) is 12.1 Å². The van der Waals surface area contributed by atoms with E-state index in [1.165, 1.54) is 19.2 Å². The zero-order chi connectivity index (χ0) is 18.2. The second-order valence-corrected chi connectivity index (χ2v) is 5.19. The van der Waals surface area contributed by atoms with Gasteiger partial charge < -0.3 is 19.5 Å². The van der Waals surface area contributed by atoms with Crippen molar-refractivity contribution in [3.63, 3.8) is 0 Å². The second-order valence-electron chi connectivity index (χ2n) is 5.19. The van der Waals surface area contributed by atoms with Gasteiger partial charge in [-0.15, -0.1) is 0 Å². The number of rotatable bonds is 8. The molecule has 0 spiro atoms. The number of methoxy groups -OCH3 is 1. The van der Waals surface area contributed by atoms with Gasteiger partial charge in [-0.1, -0.05) is 24.3 Å². The highest BCUT2D eigenvalue weighted by Gasteiger charge is 2.11. The standard InChI is InChI=1S/C18H19F2NO4/c1-12-5-3-4-6-14(12)24-11-17(22)21-10-13-7-8-15(25-18(19)20)16(9-13)23-2/h3-9,18H,10-11H2,1-2H3,(H,21,22). The third-order valence-corrected chi connectivity index (χ3v) is 3.39. The second kappa shape index (κ2) is 8.86. The Kier molecular flexibility index (Phi) is 6.56. The maximum absolute atomic E-state index is 12.3. The third kappa shape index (κ3) is 5.63. The van der Waals surface area contributed by atoms with E-state index in [1.807, 2.05) is 25.1 Å². The number of amides is 1. The molecule has 0 aliphatic heterocycles. The first-order chi connectivity index (χ1) is 12.0. The first-order valence-electron chi connectivity index (χ1n) is 7.56. The topological polar surface area (TPSA) is 56.8 Å². The van der Waals surface area contributed by atoms with Crippen LogP contribution in [0.2, 0.25) is 0 Å². The summed E-state index contributed by atoms with van der Waals surface area (Å²) in [6.07, 6.45) is 0. The number of carbonyl (C=O) groups excluding carboxylic acids is 1. The summed E-state index contributed by atoms with van der Waals surface area (Å²) in [7, 11) is 1.35. The van der Waals surface area contributed by atoms with Gasteiger partial charge in [0.25, 0.3) is 5.91 Å². The van der Waals surface area contributed by atoms with E-state index >= 15 is 0 Å². The largest absolute Gasteiger partial charge is 0.493 e. The van der Waals surface area contributed by atoms with Crippen molar-refractivity contribution in [1.82, 2.24) is 5.32 Å². The average Bonchev–Trinajstić information content (AvgIpc) is 2.59. The van der Waals surface area contributed by atoms with E-state index in [4.69, 9.17) is 9.47 Å². The molecule has 134 valence electrons. The summed E-state index contributed by atoms with van der Waals surface area (Å²) in [6, 6.07) is 11.9. The van der Waals surface area contributed by atoms with E-state index in [9.17, 15) is 13.6 Å². The molecule has 2 rings (SSSR count). The molecule has 0 heterocycles. The molecule has 2 aromatic rings. The van der Waals surface area contributed by atoms with Gasteiger partial charge in [0, 0.05) is 6.54 Å². The Labute approximate surface area is 144 Å². The summed E-state index contributed by atoms with van der Waals surface area (Å²) in [4.78, 5) is 11.9. The van der Waals surface area contributed by atoms with Gasteiger partial charge in [-0.3, -0.25) is 4.79 Å². The van der Waals surface area contributed by atoms with Crippen LogP contribution < -0.4 is 19.5 Å². The molecule has 0 fully saturated rings. The van der Waals surface area contributed by atoms with Crippen LogP contribution in [0.15, 0.2) is 42.5 Å². The predicted octanol–water partition coefficient (Wildman–Crippen LogP) is 3.30. The van der Waals surface area contributed by atoms with Crippen LogP contribution in [-0.2, 0) is 11.3 Å². The highest BCUT2D eigenvalue weighted by Crippen LogP contribution is 2.29. The zero-order valence-electron chi connectivity index (χ0n) is 13.9. The van der Waals surface area contributed by atoms with Gasteiger partial charge in [0.05, 0.1) is 7.11 Å². The third-order valence-electron chi connectivity index (χ3n) is 3.39. The lowest BCUT2D eigenvalue weighted by Crippen LogP contribution is -2.28. The lowest BCUT2D eigenvalue weighted by atomic mass is 10.2. The molecule has 7 heteroatoms. The maximum atomic E-state index is 12.3. The lowest BCUT2D eigenvalue weighted by Gasteiger charge is -2.12. The summed E-state index contributed by atoms with van der Waals surface area (Å²) >= 11 is 0. The van der Waals surface area contributed by atoms with Crippen LogP contribution in [0.1, 0.15) is 11.1 Å². The van der Waals surface area contributed by atoms with Crippen molar-refractivity contribution < 1.29 is 27.8 Å². The average molecular weight is 351 g/mol. The highest BCUT2D eigenvalue weighted by molar-refractivity contribution is 5.77. The fraction of sp³-hybridized carbons (Fsp3) is 0.278. The SMILES string of the molecule is COc1cc(CNC(=O)COc2ccccc2C)ccc1OC(F)F. The van der Waals surface area contributed by atoms with Crippen LogP contribution in [0.25, 0.3) is 0 Å². The number of ether oxygens (including phenoxy) is 3. The predicted molar refractivity (Wildman–Crippen MR) is 88.1 cm³/mol. The molecule has 25 heavy (non-hydrogen) atoms. The zero-order valence-corrected chi connectivity index (χ0v) is 13.9. The Morgan fingerprint density at radius 1 is 1.12 bits per heavy atom. The molecule has 1 N–H and O–H groups in total. The summed E-state index contributed by atoms with van der Waals surface area (Å²) in [5.41, 5.74) is 1.62. The van der Waals surface area contributed by atoms with Gasteiger partial charge in [0.1, 0.15) is 5.75 Å². The number of benzene rings is 2. The van der Waals surface area contributed by atoms with Gasteiger partial charge in [-0.25, -0.2) is 0 Å². The molecule has 0 saturated heterocycles. The van der Waals surface area contributed by atoms with E-state index < -0.39 is 6.61 Å². The molecule has 0 bridgehead atoms. The van der Waals surface area contributed by atoms with Gasteiger partial charge in [-0.2, -0.15) is 8.78 Å². The summed E-state index contributed by atoms with van der Waals surface area (Å²) in [5.74, 6) is 0.460. The van der Waals surface area contributed by atoms with E-state index in [0.29, 0.717) is 11.3 Å². The highest BCUT2D eigenvalue weighted by atomic mass is 19.3. The maximum Gasteiger partial charge on any atom is 0.387 e. The van der Waals surface area contributed by atoms with Crippen molar-refractivity contribution in [3.8, 4) is 17.2 Å². The molecule has 5 nitrogen and oxygen atoms in total. The summed E-state index contributed by atoms with van der Waals surface area (Å²) < 4.78 is 39.4. The van der Waals surface area contributed by atoms with Crippen molar-refractivity contribution in [1.29, 1.82) is 0 Å². The number of halogens is 2. The number of alkyl halides is 2.